The van der Waals surface area contributed by atoms with Crippen LogP contribution in [0.15, 0.2) is 48.6 Å². The van der Waals surface area contributed by atoms with Crippen molar-refractivity contribution in [3.63, 3.8) is 0 Å². The lowest BCUT2D eigenvalue weighted by atomic mass is 9.85. The van der Waals surface area contributed by atoms with E-state index in [0.29, 0.717) is 29.0 Å². The number of allylic oxidation sites excluding steroid dienone is 1. The highest BCUT2D eigenvalue weighted by Gasteiger charge is 2.35. The van der Waals surface area contributed by atoms with Gasteiger partial charge in [-0.15, -0.1) is 0 Å². The molecule has 0 bridgehead atoms. The third kappa shape index (κ3) is 5.40. The molecule has 0 unspecified atom stereocenters. The number of nitrogens with one attached hydrogen (secondary N) is 1. The monoisotopic (exact) mass is 461 g/mol. The van der Waals surface area contributed by atoms with Gasteiger partial charge in [-0.3, -0.25) is 9.59 Å². The van der Waals surface area contributed by atoms with Crippen molar-refractivity contribution in [2.24, 2.45) is 5.92 Å². The van der Waals surface area contributed by atoms with Gasteiger partial charge >= 0.3 is 5.97 Å². The number of methoxy groups -OCH3 is 3. The molecule has 0 fully saturated rings. The number of benzene rings is 2. The SMILES string of the molecule is COC(=O)[C@H](c1ccc(F)cc1Cl)[C@H]1C=C[C@@H](NC(=O)Cc2cc(OC)ccc2OC)C1. The van der Waals surface area contributed by atoms with Gasteiger partial charge in [0.2, 0.25) is 5.91 Å². The minimum atomic E-state index is -0.704. The number of hydrogen-bond acceptors (Lipinski definition) is 5. The van der Waals surface area contributed by atoms with E-state index in [1.807, 2.05) is 12.2 Å². The molecule has 3 atom stereocenters. The maximum Gasteiger partial charge on any atom is 0.313 e. The van der Waals surface area contributed by atoms with E-state index < -0.39 is 17.7 Å². The molecule has 0 aromatic heterocycles. The summed E-state index contributed by atoms with van der Waals surface area (Å²) in [6.07, 6.45) is 4.30. The van der Waals surface area contributed by atoms with Crippen LogP contribution in [0, 0.1) is 11.7 Å². The summed E-state index contributed by atoms with van der Waals surface area (Å²) in [4.78, 5) is 25.2. The smallest absolute Gasteiger partial charge is 0.313 e. The summed E-state index contributed by atoms with van der Waals surface area (Å²) >= 11 is 6.20. The Balaban J connectivity index is 1.69. The van der Waals surface area contributed by atoms with E-state index in [1.165, 1.54) is 25.3 Å². The van der Waals surface area contributed by atoms with Crippen LogP contribution in [-0.4, -0.2) is 39.2 Å². The summed E-state index contributed by atoms with van der Waals surface area (Å²) in [7, 11) is 4.40. The molecule has 0 saturated heterocycles. The fourth-order valence-electron chi connectivity index (χ4n) is 3.95. The molecule has 0 heterocycles. The predicted octanol–water partition coefficient (Wildman–Crippen LogP) is 4.06. The van der Waals surface area contributed by atoms with E-state index >= 15 is 0 Å². The van der Waals surface area contributed by atoms with E-state index in [2.05, 4.69) is 5.32 Å². The molecule has 1 amide bonds. The molecule has 2 aromatic rings. The number of ether oxygens (including phenoxy) is 3. The van der Waals surface area contributed by atoms with Crippen molar-refractivity contribution in [2.45, 2.75) is 24.8 Å². The second kappa shape index (κ2) is 10.5. The Morgan fingerprint density at radius 1 is 1.12 bits per heavy atom. The second-order valence-corrected chi connectivity index (χ2v) is 7.89. The third-order valence-corrected chi connectivity index (χ3v) is 5.81. The van der Waals surface area contributed by atoms with E-state index in [-0.39, 0.29) is 29.3 Å². The molecule has 6 nitrogen and oxygen atoms in total. The van der Waals surface area contributed by atoms with Crippen LogP contribution in [0.25, 0.3) is 0 Å². The van der Waals surface area contributed by atoms with Gasteiger partial charge in [0.25, 0.3) is 0 Å². The molecule has 170 valence electrons. The molecule has 0 spiro atoms. The van der Waals surface area contributed by atoms with E-state index in [9.17, 15) is 14.0 Å². The molecular formula is C24H25ClFNO5. The Morgan fingerprint density at radius 2 is 1.91 bits per heavy atom. The van der Waals surface area contributed by atoms with Crippen LogP contribution in [0.5, 0.6) is 11.5 Å². The van der Waals surface area contributed by atoms with Gasteiger partial charge in [-0.2, -0.15) is 0 Å². The molecule has 1 aliphatic rings. The first-order chi connectivity index (χ1) is 15.4. The van der Waals surface area contributed by atoms with Crippen molar-refractivity contribution >= 4 is 23.5 Å². The van der Waals surface area contributed by atoms with Crippen molar-refractivity contribution in [1.29, 1.82) is 0 Å². The lowest BCUT2D eigenvalue weighted by Gasteiger charge is -2.23. The van der Waals surface area contributed by atoms with Crippen molar-refractivity contribution in [2.75, 3.05) is 21.3 Å². The lowest BCUT2D eigenvalue weighted by Crippen LogP contribution is -2.34. The van der Waals surface area contributed by atoms with Crippen LogP contribution >= 0.6 is 11.6 Å². The van der Waals surface area contributed by atoms with Crippen LogP contribution in [0.1, 0.15) is 23.5 Å². The van der Waals surface area contributed by atoms with Crippen LogP contribution in [0.4, 0.5) is 4.39 Å². The number of halogens is 2. The van der Waals surface area contributed by atoms with Gasteiger partial charge < -0.3 is 19.5 Å². The van der Waals surface area contributed by atoms with Gasteiger partial charge in [0.15, 0.2) is 0 Å². The average molecular weight is 462 g/mol. The largest absolute Gasteiger partial charge is 0.497 e. The maximum absolute atomic E-state index is 13.5. The Bertz CT molecular complexity index is 1030. The maximum atomic E-state index is 13.5. The Hall–Kier alpha value is -3.06. The van der Waals surface area contributed by atoms with Gasteiger partial charge in [-0.25, -0.2) is 4.39 Å². The van der Waals surface area contributed by atoms with Crippen molar-refractivity contribution in [3.05, 3.63) is 70.5 Å². The summed E-state index contributed by atoms with van der Waals surface area (Å²) in [5.41, 5.74) is 1.19. The first-order valence-electron chi connectivity index (χ1n) is 10.1. The van der Waals surface area contributed by atoms with Gasteiger partial charge in [0.1, 0.15) is 17.3 Å². The number of hydrogen-bond donors (Lipinski definition) is 1. The zero-order valence-corrected chi connectivity index (χ0v) is 18.8. The van der Waals surface area contributed by atoms with E-state index in [0.717, 1.165) is 0 Å². The highest BCUT2D eigenvalue weighted by molar-refractivity contribution is 6.31. The first kappa shape index (κ1) is 23.6. The Kier molecular flexibility index (Phi) is 7.75. The quantitative estimate of drug-likeness (QED) is 0.474. The summed E-state index contributed by atoms with van der Waals surface area (Å²) < 4.78 is 29.0. The third-order valence-electron chi connectivity index (χ3n) is 5.48. The molecule has 0 radical (unpaired) electrons. The molecule has 1 N–H and O–H groups in total. The standard InChI is InChI=1S/C24H25ClFNO5/c1-30-18-7-9-21(31-2)15(11-18)12-22(28)27-17-6-4-14(10-17)23(24(29)32-3)19-8-5-16(26)13-20(19)25/h4-9,11,13-14,17,23H,10,12H2,1-3H3,(H,27,28)/t14-,17+,23-/m0/s1. The lowest BCUT2D eigenvalue weighted by molar-refractivity contribution is -0.143. The van der Waals surface area contributed by atoms with Crippen molar-refractivity contribution < 1.29 is 28.2 Å². The highest BCUT2D eigenvalue weighted by Crippen LogP contribution is 2.37. The number of esters is 1. The Labute approximate surface area is 191 Å². The predicted molar refractivity (Wildman–Crippen MR) is 119 cm³/mol. The topological polar surface area (TPSA) is 73.9 Å². The van der Waals surface area contributed by atoms with E-state index in [1.54, 1.807) is 32.4 Å². The summed E-state index contributed by atoms with van der Waals surface area (Å²) in [5, 5.41) is 3.12. The zero-order chi connectivity index (χ0) is 23.3. The van der Waals surface area contributed by atoms with Gasteiger partial charge in [-0.05, 0) is 48.2 Å². The summed E-state index contributed by atoms with van der Waals surface area (Å²) in [6, 6.07) is 8.93. The first-order valence-corrected chi connectivity index (χ1v) is 10.5. The molecule has 1 aliphatic carbocycles. The van der Waals surface area contributed by atoms with Gasteiger partial charge in [0, 0.05) is 16.6 Å². The molecular weight excluding hydrogens is 437 g/mol. The van der Waals surface area contributed by atoms with Crippen molar-refractivity contribution in [1.82, 2.24) is 5.32 Å². The highest BCUT2D eigenvalue weighted by atomic mass is 35.5. The van der Waals surface area contributed by atoms with Crippen molar-refractivity contribution in [3.8, 4) is 11.5 Å². The number of amides is 1. The molecule has 3 rings (SSSR count). The Morgan fingerprint density at radius 3 is 2.56 bits per heavy atom. The second-order valence-electron chi connectivity index (χ2n) is 7.48. The van der Waals surface area contributed by atoms with E-state index in [4.69, 9.17) is 25.8 Å². The normalized spacial score (nSPS) is 18.2. The minimum Gasteiger partial charge on any atom is -0.497 e. The molecule has 0 saturated carbocycles. The minimum absolute atomic E-state index is 0.111. The molecule has 2 aromatic carbocycles. The molecule has 32 heavy (non-hydrogen) atoms. The summed E-state index contributed by atoms with van der Waals surface area (Å²) in [5.74, 6) is -0.888. The van der Waals surface area contributed by atoms with Crippen LogP contribution in [0.3, 0.4) is 0 Å². The fourth-order valence-corrected chi connectivity index (χ4v) is 4.23. The molecule has 8 heteroatoms. The number of carbonyl (C=O) groups excluding carboxylic acids is 2. The number of carbonyl (C=O) groups is 2. The van der Waals surface area contributed by atoms with Crippen LogP contribution in [0.2, 0.25) is 5.02 Å². The van der Waals surface area contributed by atoms with Crippen LogP contribution < -0.4 is 14.8 Å². The average Bonchev–Trinajstić information content (AvgIpc) is 3.22. The summed E-state index contributed by atoms with van der Waals surface area (Å²) in [6.45, 7) is 0. The fraction of sp³-hybridized carbons (Fsp3) is 0.333. The molecule has 0 aliphatic heterocycles. The number of rotatable bonds is 8. The van der Waals surface area contributed by atoms with Gasteiger partial charge in [0.05, 0.1) is 33.7 Å². The van der Waals surface area contributed by atoms with Gasteiger partial charge in [-0.1, -0.05) is 29.8 Å². The van der Waals surface area contributed by atoms with Crippen LogP contribution in [-0.2, 0) is 20.7 Å². The zero-order valence-electron chi connectivity index (χ0n) is 18.1.